The maximum absolute atomic E-state index is 13.0. The van der Waals surface area contributed by atoms with E-state index in [1.165, 1.54) is 31.5 Å². The van der Waals surface area contributed by atoms with Gasteiger partial charge in [0.1, 0.15) is 10.7 Å². The van der Waals surface area contributed by atoms with Crippen LogP contribution in [-0.4, -0.2) is 21.4 Å². The number of amides is 1. The van der Waals surface area contributed by atoms with Crippen molar-refractivity contribution in [2.45, 2.75) is 11.4 Å². The molecule has 1 amide bonds. The molecule has 0 saturated carbocycles. The number of anilines is 1. The Morgan fingerprint density at radius 1 is 1.11 bits per heavy atom. The van der Waals surface area contributed by atoms with E-state index in [0.29, 0.717) is 16.5 Å². The van der Waals surface area contributed by atoms with Crippen LogP contribution >= 0.6 is 23.2 Å². The molecule has 3 rings (SSSR count). The van der Waals surface area contributed by atoms with Gasteiger partial charge in [0, 0.05) is 17.6 Å². The van der Waals surface area contributed by atoms with Crippen molar-refractivity contribution in [3.63, 3.8) is 0 Å². The number of nitrogens with one attached hydrogen (secondary N) is 1. The van der Waals surface area contributed by atoms with Crippen LogP contribution < -0.4 is 9.62 Å². The van der Waals surface area contributed by atoms with Gasteiger partial charge in [-0.15, -0.1) is 0 Å². The fraction of sp³-hybridized carbons (Fsp3) is 0.105. The standard InChI is InChI=1S/C19H16Cl2N2O4S/c1-23(15-7-5-14(20)6-8-15)28(25,26)18-11-13(4-9-17(18)21)19(24)22-12-16-3-2-10-27-16/h2-11H,12H2,1H3,(H,22,24). The summed E-state index contributed by atoms with van der Waals surface area (Å²) in [6.45, 7) is 0.182. The van der Waals surface area contributed by atoms with Crippen LogP contribution in [0.25, 0.3) is 0 Å². The molecule has 3 aromatic rings. The van der Waals surface area contributed by atoms with Crippen LogP contribution in [-0.2, 0) is 16.6 Å². The normalized spacial score (nSPS) is 11.2. The second kappa shape index (κ2) is 8.26. The largest absolute Gasteiger partial charge is 0.467 e. The Kier molecular flexibility index (Phi) is 5.98. The number of carbonyl (C=O) groups is 1. The number of furan rings is 1. The lowest BCUT2D eigenvalue weighted by Crippen LogP contribution is -2.28. The number of halogens is 2. The van der Waals surface area contributed by atoms with Gasteiger partial charge < -0.3 is 9.73 Å². The molecule has 0 aliphatic heterocycles. The summed E-state index contributed by atoms with van der Waals surface area (Å²) in [6, 6.07) is 13.8. The molecule has 146 valence electrons. The summed E-state index contributed by atoms with van der Waals surface area (Å²) in [4.78, 5) is 12.2. The summed E-state index contributed by atoms with van der Waals surface area (Å²) in [7, 11) is -2.59. The molecule has 0 fully saturated rings. The molecule has 2 aromatic carbocycles. The van der Waals surface area contributed by atoms with Crippen molar-refractivity contribution >= 4 is 44.8 Å². The maximum Gasteiger partial charge on any atom is 0.265 e. The highest BCUT2D eigenvalue weighted by atomic mass is 35.5. The van der Waals surface area contributed by atoms with Crippen molar-refractivity contribution in [3.05, 3.63) is 82.2 Å². The first-order valence-electron chi connectivity index (χ1n) is 8.13. The lowest BCUT2D eigenvalue weighted by Gasteiger charge is -2.20. The topological polar surface area (TPSA) is 79.6 Å². The number of hydrogen-bond acceptors (Lipinski definition) is 4. The number of carbonyl (C=O) groups excluding carboxylic acids is 1. The zero-order chi connectivity index (χ0) is 20.3. The van der Waals surface area contributed by atoms with E-state index < -0.39 is 15.9 Å². The van der Waals surface area contributed by atoms with Gasteiger partial charge in [0.05, 0.1) is 23.5 Å². The predicted molar refractivity (Wildman–Crippen MR) is 108 cm³/mol. The number of hydrogen-bond donors (Lipinski definition) is 1. The van der Waals surface area contributed by atoms with E-state index in [0.717, 1.165) is 4.31 Å². The van der Waals surface area contributed by atoms with Gasteiger partial charge >= 0.3 is 0 Å². The minimum absolute atomic E-state index is 0.0170. The molecule has 9 heteroatoms. The van der Waals surface area contributed by atoms with Gasteiger partial charge in [-0.25, -0.2) is 8.42 Å². The molecule has 6 nitrogen and oxygen atoms in total. The first kappa shape index (κ1) is 20.3. The summed E-state index contributed by atoms with van der Waals surface area (Å²) in [5, 5.41) is 3.17. The third kappa shape index (κ3) is 4.32. The molecule has 0 aliphatic rings. The van der Waals surface area contributed by atoms with Crippen LogP contribution in [0.1, 0.15) is 16.1 Å². The van der Waals surface area contributed by atoms with Crippen LogP contribution in [0, 0.1) is 0 Å². The Balaban J connectivity index is 1.87. The van der Waals surface area contributed by atoms with Gasteiger partial charge in [0.2, 0.25) is 0 Å². The Labute approximate surface area is 172 Å². The smallest absolute Gasteiger partial charge is 0.265 e. The second-order valence-electron chi connectivity index (χ2n) is 5.86. The molecule has 1 heterocycles. The fourth-order valence-electron chi connectivity index (χ4n) is 2.46. The van der Waals surface area contributed by atoms with Crippen molar-refractivity contribution in [1.29, 1.82) is 0 Å². The highest BCUT2D eigenvalue weighted by Crippen LogP contribution is 2.29. The highest BCUT2D eigenvalue weighted by Gasteiger charge is 2.25. The van der Waals surface area contributed by atoms with Crippen LogP contribution in [0.3, 0.4) is 0 Å². The van der Waals surface area contributed by atoms with Gasteiger partial charge in [-0.2, -0.15) is 0 Å². The SMILES string of the molecule is CN(c1ccc(Cl)cc1)S(=O)(=O)c1cc(C(=O)NCc2ccco2)ccc1Cl. The average Bonchev–Trinajstić information content (AvgIpc) is 3.20. The number of sulfonamides is 1. The Bertz CT molecular complexity index is 1080. The molecule has 1 aromatic heterocycles. The van der Waals surface area contributed by atoms with Crippen molar-refractivity contribution < 1.29 is 17.6 Å². The molecule has 0 radical (unpaired) electrons. The lowest BCUT2D eigenvalue weighted by atomic mass is 10.2. The van der Waals surface area contributed by atoms with E-state index in [1.807, 2.05) is 0 Å². The minimum Gasteiger partial charge on any atom is -0.467 e. The zero-order valence-electron chi connectivity index (χ0n) is 14.7. The Hall–Kier alpha value is -2.48. The van der Waals surface area contributed by atoms with Gasteiger partial charge in [-0.1, -0.05) is 23.2 Å². The summed E-state index contributed by atoms with van der Waals surface area (Å²) in [5.74, 6) is 0.135. The molecular weight excluding hydrogens is 423 g/mol. The molecule has 1 N–H and O–H groups in total. The monoisotopic (exact) mass is 438 g/mol. The predicted octanol–water partition coefficient (Wildman–Crippen LogP) is 4.34. The minimum atomic E-state index is -3.99. The summed E-state index contributed by atoms with van der Waals surface area (Å²) < 4.78 is 32.3. The highest BCUT2D eigenvalue weighted by molar-refractivity contribution is 7.93. The van der Waals surface area contributed by atoms with E-state index in [-0.39, 0.29) is 22.0 Å². The lowest BCUT2D eigenvalue weighted by molar-refractivity contribution is 0.0948. The van der Waals surface area contributed by atoms with Crippen molar-refractivity contribution in [2.75, 3.05) is 11.4 Å². The molecule has 0 spiro atoms. The van der Waals surface area contributed by atoms with Crippen LogP contribution in [0.5, 0.6) is 0 Å². The fourth-order valence-corrected chi connectivity index (χ4v) is 4.28. The summed E-state index contributed by atoms with van der Waals surface area (Å²) in [5.41, 5.74) is 0.576. The van der Waals surface area contributed by atoms with Crippen LogP contribution in [0.4, 0.5) is 5.69 Å². The van der Waals surface area contributed by atoms with E-state index in [4.69, 9.17) is 27.6 Å². The molecule has 28 heavy (non-hydrogen) atoms. The number of nitrogens with zero attached hydrogens (tertiary/aromatic N) is 1. The van der Waals surface area contributed by atoms with Gasteiger partial charge in [0.25, 0.3) is 15.9 Å². The summed E-state index contributed by atoms with van der Waals surface area (Å²) in [6.07, 6.45) is 1.50. The van der Waals surface area contributed by atoms with Crippen molar-refractivity contribution in [1.82, 2.24) is 5.32 Å². The summed E-state index contributed by atoms with van der Waals surface area (Å²) >= 11 is 12.0. The van der Waals surface area contributed by atoms with Crippen molar-refractivity contribution in [2.24, 2.45) is 0 Å². The van der Waals surface area contributed by atoms with E-state index >= 15 is 0 Å². The Morgan fingerprint density at radius 3 is 2.46 bits per heavy atom. The van der Waals surface area contributed by atoms with Crippen LogP contribution in [0.15, 0.2) is 70.2 Å². The molecule has 0 unspecified atom stereocenters. The first-order chi connectivity index (χ1) is 13.3. The van der Waals surface area contributed by atoms with E-state index in [9.17, 15) is 13.2 Å². The van der Waals surface area contributed by atoms with Crippen LogP contribution in [0.2, 0.25) is 10.0 Å². The first-order valence-corrected chi connectivity index (χ1v) is 10.3. The molecule has 0 bridgehead atoms. The Morgan fingerprint density at radius 2 is 1.82 bits per heavy atom. The molecule has 0 atom stereocenters. The quantitative estimate of drug-likeness (QED) is 0.620. The maximum atomic E-state index is 13.0. The average molecular weight is 439 g/mol. The van der Waals surface area contributed by atoms with E-state index in [2.05, 4.69) is 5.32 Å². The van der Waals surface area contributed by atoms with Gasteiger partial charge in [-0.3, -0.25) is 9.10 Å². The second-order valence-corrected chi connectivity index (χ2v) is 8.64. The van der Waals surface area contributed by atoms with Crippen molar-refractivity contribution in [3.8, 4) is 0 Å². The molecule has 0 saturated heterocycles. The number of rotatable bonds is 6. The third-order valence-electron chi connectivity index (χ3n) is 4.03. The molecule has 0 aliphatic carbocycles. The van der Waals surface area contributed by atoms with Gasteiger partial charge in [-0.05, 0) is 54.6 Å². The number of benzene rings is 2. The van der Waals surface area contributed by atoms with E-state index in [1.54, 1.807) is 36.4 Å². The van der Waals surface area contributed by atoms with Gasteiger partial charge in [0.15, 0.2) is 0 Å². The zero-order valence-corrected chi connectivity index (χ0v) is 17.1. The molecular formula is C19H16Cl2N2O4S. The third-order valence-corrected chi connectivity index (χ3v) is 6.54.